The largest absolute Gasteiger partial charge is 0.329 e. The zero-order chi connectivity index (χ0) is 21.5. The number of rotatable bonds is 4. The zero-order valence-electron chi connectivity index (χ0n) is 17.4. The molecule has 2 bridgehead atoms. The van der Waals surface area contributed by atoms with Crippen molar-refractivity contribution in [3.63, 3.8) is 0 Å². The van der Waals surface area contributed by atoms with E-state index in [1.165, 1.54) is 0 Å². The molecule has 2 aromatic carbocycles. The number of carbonyl (C=O) groups excluding carboxylic acids is 2. The normalized spacial score (nSPS) is 23.1. The number of nitrogens with zero attached hydrogens (tertiary/aromatic N) is 2. The smallest absolute Gasteiger partial charge is 0.250 e. The van der Waals surface area contributed by atoms with Crippen LogP contribution in [0.4, 0.5) is 0 Å². The Morgan fingerprint density at radius 3 is 2.58 bits per heavy atom. The van der Waals surface area contributed by atoms with Gasteiger partial charge in [-0.25, -0.2) is 0 Å². The highest BCUT2D eigenvalue weighted by Gasteiger charge is 2.43. The van der Waals surface area contributed by atoms with Crippen LogP contribution in [-0.4, -0.2) is 37.8 Å². The molecular weight excluding hydrogens is 408 g/mol. The topological polar surface area (TPSA) is 59.4 Å². The summed E-state index contributed by atoms with van der Waals surface area (Å²) < 4.78 is 14.6. The van der Waals surface area contributed by atoms with Crippen LogP contribution >= 0.6 is 0 Å². The SMILES string of the molecule is C/C=C1/C(=O)N(CCS(=O)c2ccccc2)[C@H]2C[C@@H]1CC(=O)n1c2cc2ccccc21. The fourth-order valence-corrected chi connectivity index (χ4v) is 6.03. The Balaban J connectivity index is 1.54. The third-order valence-electron chi connectivity index (χ3n) is 6.42. The third kappa shape index (κ3) is 3.35. The van der Waals surface area contributed by atoms with E-state index >= 15 is 0 Å². The van der Waals surface area contributed by atoms with Gasteiger partial charge >= 0.3 is 0 Å². The summed E-state index contributed by atoms with van der Waals surface area (Å²) >= 11 is 0. The summed E-state index contributed by atoms with van der Waals surface area (Å²) in [7, 11) is -1.19. The molecule has 1 unspecified atom stereocenters. The monoisotopic (exact) mass is 432 g/mol. The summed E-state index contributed by atoms with van der Waals surface area (Å²) in [6, 6.07) is 19.0. The number of likely N-dealkylation sites (tertiary alicyclic amines) is 1. The first-order chi connectivity index (χ1) is 15.1. The molecule has 3 heterocycles. The van der Waals surface area contributed by atoms with Crippen molar-refractivity contribution in [2.45, 2.75) is 30.7 Å². The van der Waals surface area contributed by atoms with Gasteiger partial charge < -0.3 is 4.90 Å². The lowest BCUT2D eigenvalue weighted by Crippen LogP contribution is -2.44. The Kier molecular flexibility index (Phi) is 5.10. The lowest BCUT2D eigenvalue weighted by molar-refractivity contribution is -0.132. The first-order valence-electron chi connectivity index (χ1n) is 10.6. The van der Waals surface area contributed by atoms with E-state index in [2.05, 4.69) is 0 Å². The van der Waals surface area contributed by atoms with Gasteiger partial charge in [-0.15, -0.1) is 0 Å². The maximum atomic E-state index is 13.4. The third-order valence-corrected chi connectivity index (χ3v) is 7.77. The molecular formula is C25H24N2O3S. The molecule has 1 fully saturated rings. The number of hydrogen-bond donors (Lipinski definition) is 0. The highest BCUT2D eigenvalue weighted by Crippen LogP contribution is 2.43. The van der Waals surface area contributed by atoms with E-state index in [0.717, 1.165) is 21.5 Å². The van der Waals surface area contributed by atoms with Crippen LogP contribution in [0.1, 0.15) is 36.3 Å². The van der Waals surface area contributed by atoms with Gasteiger partial charge in [0.25, 0.3) is 0 Å². The van der Waals surface area contributed by atoms with Gasteiger partial charge in [0.05, 0.1) is 22.4 Å². The van der Waals surface area contributed by atoms with E-state index in [9.17, 15) is 13.8 Å². The highest BCUT2D eigenvalue weighted by atomic mass is 32.2. The van der Waals surface area contributed by atoms with Crippen molar-refractivity contribution < 1.29 is 13.8 Å². The number of piperidine rings is 1. The molecule has 1 amide bonds. The lowest BCUT2D eigenvalue weighted by atomic mass is 9.83. The fraction of sp³-hybridized carbons (Fsp3) is 0.280. The summed E-state index contributed by atoms with van der Waals surface area (Å²) in [5.74, 6) is 0.276. The van der Waals surface area contributed by atoms with Gasteiger partial charge in [-0.3, -0.25) is 18.4 Å². The van der Waals surface area contributed by atoms with Crippen LogP contribution < -0.4 is 0 Å². The van der Waals surface area contributed by atoms with E-state index in [4.69, 9.17) is 0 Å². The number of amides is 1. The second-order valence-electron chi connectivity index (χ2n) is 8.11. The maximum absolute atomic E-state index is 13.4. The first-order valence-corrected chi connectivity index (χ1v) is 11.9. The van der Waals surface area contributed by atoms with Crippen LogP contribution in [0.2, 0.25) is 0 Å². The highest BCUT2D eigenvalue weighted by molar-refractivity contribution is 7.85. The van der Waals surface area contributed by atoms with Crippen LogP contribution in [0.25, 0.3) is 10.9 Å². The molecule has 0 radical (unpaired) electrons. The number of carbonyl (C=O) groups is 2. The molecule has 0 N–H and O–H groups in total. The average Bonchev–Trinajstić information content (AvgIpc) is 3.13. The number of para-hydroxylation sites is 1. The molecule has 2 aliphatic rings. The van der Waals surface area contributed by atoms with Gasteiger partial charge in [-0.2, -0.15) is 0 Å². The second-order valence-corrected chi connectivity index (χ2v) is 9.69. The molecule has 0 saturated carbocycles. The molecule has 158 valence electrons. The lowest BCUT2D eigenvalue weighted by Gasteiger charge is -2.39. The first kappa shape index (κ1) is 19.9. The second kappa shape index (κ2) is 7.93. The quantitative estimate of drug-likeness (QED) is 0.577. The molecule has 3 atom stereocenters. The molecule has 2 aliphatic heterocycles. The van der Waals surface area contributed by atoms with E-state index in [1.807, 2.05) is 78.6 Å². The molecule has 31 heavy (non-hydrogen) atoms. The summed E-state index contributed by atoms with van der Waals surface area (Å²) in [5.41, 5.74) is 2.45. The standard InChI is InChI=1S/C25H24N2O3S/c1-2-20-18-15-22(23-14-17-8-6-7-11-21(17)27(23)24(28)16-18)26(25(20)29)12-13-31(30)19-9-4-3-5-10-19/h2-11,14,18,22H,12-13,15-16H2,1H3/b20-2+/t18-,22+,31?/m1/s1. The molecule has 6 heteroatoms. The molecule has 1 aromatic heterocycles. The van der Waals surface area contributed by atoms with Crippen LogP contribution in [0.5, 0.6) is 0 Å². The zero-order valence-corrected chi connectivity index (χ0v) is 18.2. The molecule has 0 aliphatic carbocycles. The van der Waals surface area contributed by atoms with Gasteiger partial charge in [0.15, 0.2) is 0 Å². The van der Waals surface area contributed by atoms with Crippen LogP contribution in [0, 0.1) is 5.92 Å². The van der Waals surface area contributed by atoms with Crippen molar-refractivity contribution in [1.82, 2.24) is 9.47 Å². The minimum Gasteiger partial charge on any atom is -0.329 e. The Morgan fingerprint density at radius 1 is 1.06 bits per heavy atom. The predicted molar refractivity (Wildman–Crippen MR) is 121 cm³/mol. The van der Waals surface area contributed by atoms with E-state index < -0.39 is 10.8 Å². The minimum absolute atomic E-state index is 0.0329. The Hall–Kier alpha value is -2.99. The predicted octanol–water partition coefficient (Wildman–Crippen LogP) is 4.33. The number of allylic oxidation sites excluding steroid dienone is 1. The molecule has 5 nitrogen and oxygen atoms in total. The molecule has 1 saturated heterocycles. The Morgan fingerprint density at radius 2 is 1.81 bits per heavy atom. The summed E-state index contributed by atoms with van der Waals surface area (Å²) in [6.07, 6.45) is 2.89. The molecule has 0 spiro atoms. The van der Waals surface area contributed by atoms with E-state index in [1.54, 1.807) is 4.57 Å². The number of benzene rings is 2. The van der Waals surface area contributed by atoms with Crippen molar-refractivity contribution in [2.24, 2.45) is 5.92 Å². The number of aromatic nitrogens is 1. The minimum atomic E-state index is -1.19. The number of fused-ring (bicyclic) bond motifs is 6. The molecule has 3 aromatic rings. The van der Waals surface area contributed by atoms with Crippen molar-refractivity contribution in [2.75, 3.05) is 12.3 Å². The van der Waals surface area contributed by atoms with E-state index in [0.29, 0.717) is 30.7 Å². The van der Waals surface area contributed by atoms with Crippen molar-refractivity contribution in [1.29, 1.82) is 0 Å². The van der Waals surface area contributed by atoms with Gasteiger partial charge in [0.1, 0.15) is 0 Å². The van der Waals surface area contributed by atoms with Crippen LogP contribution in [-0.2, 0) is 15.6 Å². The van der Waals surface area contributed by atoms with Gasteiger partial charge in [-0.1, -0.05) is 42.5 Å². The Labute approximate surface area is 183 Å². The van der Waals surface area contributed by atoms with Gasteiger partial charge in [-0.05, 0) is 37.6 Å². The summed E-state index contributed by atoms with van der Waals surface area (Å²) in [4.78, 5) is 29.2. The summed E-state index contributed by atoms with van der Waals surface area (Å²) in [5, 5.41) is 1.00. The van der Waals surface area contributed by atoms with Crippen molar-refractivity contribution >= 4 is 33.5 Å². The summed E-state index contributed by atoms with van der Waals surface area (Å²) in [6.45, 7) is 2.24. The molecule has 5 rings (SSSR count). The maximum Gasteiger partial charge on any atom is 0.250 e. The van der Waals surface area contributed by atoms with E-state index in [-0.39, 0.29) is 23.8 Å². The Bertz CT molecular complexity index is 1230. The van der Waals surface area contributed by atoms with Crippen molar-refractivity contribution in [3.8, 4) is 0 Å². The number of hydrogen-bond acceptors (Lipinski definition) is 3. The van der Waals surface area contributed by atoms with Crippen molar-refractivity contribution in [3.05, 3.63) is 78.0 Å². The fourth-order valence-electron chi connectivity index (χ4n) is 4.97. The van der Waals surface area contributed by atoms with Crippen LogP contribution in [0.3, 0.4) is 0 Å². The van der Waals surface area contributed by atoms with Gasteiger partial charge in [0.2, 0.25) is 11.8 Å². The average molecular weight is 433 g/mol. The van der Waals surface area contributed by atoms with Crippen LogP contribution in [0.15, 0.2) is 77.2 Å². The van der Waals surface area contributed by atoms with Gasteiger partial charge in [0, 0.05) is 46.2 Å².